The molecule has 2 aromatic rings. The zero-order valence-electron chi connectivity index (χ0n) is 21.6. The molecule has 2 aliphatic rings. The van der Waals surface area contributed by atoms with Gasteiger partial charge in [0.05, 0.1) is 35.7 Å². The molecule has 0 spiro atoms. The van der Waals surface area contributed by atoms with E-state index in [0.29, 0.717) is 26.0 Å². The fourth-order valence-corrected chi connectivity index (χ4v) is 5.07. The predicted molar refractivity (Wildman–Crippen MR) is 150 cm³/mol. The summed E-state index contributed by atoms with van der Waals surface area (Å²) >= 11 is 1.46. The number of amides is 3. The van der Waals surface area contributed by atoms with Crippen LogP contribution in [0.5, 0.6) is 0 Å². The number of nitrogens with two attached hydrogens (primary N) is 1. The maximum atomic E-state index is 13.7. The number of benzene rings is 1. The first-order valence-corrected chi connectivity index (χ1v) is 12.8. The van der Waals surface area contributed by atoms with Crippen molar-refractivity contribution in [3.63, 3.8) is 0 Å². The van der Waals surface area contributed by atoms with Crippen molar-refractivity contribution >= 4 is 59.6 Å². The highest BCUT2D eigenvalue weighted by Crippen LogP contribution is 2.38. The predicted octanol–water partition coefficient (Wildman–Crippen LogP) is 2.01. The highest BCUT2D eigenvalue weighted by Gasteiger charge is 2.54. The Morgan fingerprint density at radius 2 is 1.97 bits per heavy atom. The molecule has 10 nitrogen and oxygen atoms in total. The van der Waals surface area contributed by atoms with Crippen LogP contribution in [0.15, 0.2) is 46.3 Å². The fourth-order valence-electron chi connectivity index (χ4n) is 4.51. The summed E-state index contributed by atoms with van der Waals surface area (Å²) in [4.78, 5) is 45.7. The van der Waals surface area contributed by atoms with Crippen LogP contribution in [-0.4, -0.2) is 76.7 Å². The summed E-state index contributed by atoms with van der Waals surface area (Å²) in [5, 5.41) is 10.5. The van der Waals surface area contributed by atoms with Crippen molar-refractivity contribution in [2.75, 3.05) is 26.7 Å². The van der Waals surface area contributed by atoms with Crippen LogP contribution < -0.4 is 11.1 Å². The van der Waals surface area contributed by atoms with Crippen molar-refractivity contribution in [2.24, 2.45) is 16.3 Å². The summed E-state index contributed by atoms with van der Waals surface area (Å²) < 4.78 is 5.83. The number of halogens is 2. The van der Waals surface area contributed by atoms with Gasteiger partial charge in [-0.2, -0.15) is 5.10 Å². The van der Waals surface area contributed by atoms with Gasteiger partial charge in [-0.15, -0.1) is 36.2 Å². The number of hydrogen-bond acceptors (Lipinski definition) is 8. The van der Waals surface area contributed by atoms with E-state index in [4.69, 9.17) is 10.5 Å². The molecule has 13 heteroatoms. The van der Waals surface area contributed by atoms with E-state index in [-0.39, 0.29) is 49.8 Å². The molecule has 1 saturated heterocycles. The number of carbonyl (C=O) groups excluding carboxylic acids is 3. The van der Waals surface area contributed by atoms with Gasteiger partial charge >= 0.3 is 0 Å². The van der Waals surface area contributed by atoms with Crippen molar-refractivity contribution in [3.05, 3.63) is 52.5 Å². The van der Waals surface area contributed by atoms with Gasteiger partial charge in [0.1, 0.15) is 11.5 Å². The number of carbonyl (C=O) groups is 3. The Morgan fingerprint density at radius 3 is 2.61 bits per heavy atom. The van der Waals surface area contributed by atoms with Gasteiger partial charge in [0.2, 0.25) is 11.8 Å². The van der Waals surface area contributed by atoms with Gasteiger partial charge in [-0.1, -0.05) is 30.3 Å². The van der Waals surface area contributed by atoms with Crippen molar-refractivity contribution < 1.29 is 19.1 Å². The lowest BCUT2D eigenvalue weighted by Gasteiger charge is -2.40. The van der Waals surface area contributed by atoms with Crippen molar-refractivity contribution in [2.45, 2.75) is 44.9 Å². The van der Waals surface area contributed by atoms with Gasteiger partial charge in [0, 0.05) is 38.4 Å². The lowest BCUT2D eigenvalue weighted by atomic mass is 9.74. The summed E-state index contributed by atoms with van der Waals surface area (Å²) in [6, 6.07) is 8.63. The normalized spacial score (nSPS) is 19.6. The molecule has 1 aromatic heterocycles. The summed E-state index contributed by atoms with van der Waals surface area (Å²) in [5.74, 6) is -0.941. The van der Waals surface area contributed by atoms with Crippen molar-refractivity contribution in [1.29, 1.82) is 0 Å². The number of rotatable bonds is 9. The lowest BCUT2D eigenvalue weighted by molar-refractivity contribution is -0.143. The van der Waals surface area contributed by atoms with Gasteiger partial charge < -0.3 is 20.7 Å². The first-order chi connectivity index (χ1) is 17.1. The van der Waals surface area contributed by atoms with Gasteiger partial charge in [0.25, 0.3) is 5.91 Å². The van der Waals surface area contributed by atoms with Gasteiger partial charge in [0.15, 0.2) is 0 Å². The van der Waals surface area contributed by atoms with Crippen LogP contribution in [0.1, 0.15) is 31.5 Å². The van der Waals surface area contributed by atoms with Crippen LogP contribution in [-0.2, 0) is 32.1 Å². The number of aromatic nitrogens is 1. The molecule has 4 rings (SSSR count). The number of piperidine rings is 1. The number of fused-ring (bicyclic) bond motifs is 1. The zero-order valence-corrected chi connectivity index (χ0v) is 24.0. The second-order valence-corrected chi connectivity index (χ2v) is 10.6. The minimum absolute atomic E-state index is 0. The highest BCUT2D eigenvalue weighted by molar-refractivity contribution is 7.07. The van der Waals surface area contributed by atoms with Crippen LogP contribution in [0.2, 0.25) is 0 Å². The maximum absolute atomic E-state index is 13.7. The fraction of sp³-hybridized carbons (Fsp3) is 0.480. The van der Waals surface area contributed by atoms with Crippen LogP contribution in [0.25, 0.3) is 0 Å². The Kier molecular flexibility index (Phi) is 10.8. The second-order valence-electron chi connectivity index (χ2n) is 9.87. The topological polar surface area (TPSA) is 130 Å². The second kappa shape index (κ2) is 13.0. The first kappa shape index (κ1) is 31.6. The molecule has 3 N–H and O–H groups in total. The third-order valence-electron chi connectivity index (χ3n) is 6.47. The van der Waals surface area contributed by atoms with Crippen LogP contribution in [0.4, 0.5) is 0 Å². The molecule has 1 aromatic carbocycles. The molecule has 38 heavy (non-hydrogen) atoms. The standard InChI is InChI=1S/C25H32N6O4S.2ClH/c1-24(2,26)22(33)28-19(13-35-12-17-7-5-4-6-8-17)21(32)31-10-9-20-25(15-31,23(34)30(3)29-20)11-18-14-36-16-27-18;;/h4-8,14,16,19H,9-13,15,26H2,1-3H3,(H,28,33);2*1H/t19-,25+;;/m1../s1. The smallest absolute Gasteiger partial charge is 0.256 e. The number of thiazole rings is 1. The number of ether oxygens (including phenoxy) is 1. The van der Waals surface area contributed by atoms with E-state index in [1.165, 1.54) is 16.3 Å². The molecule has 3 amide bonds. The third-order valence-corrected chi connectivity index (χ3v) is 7.10. The Morgan fingerprint density at radius 1 is 1.26 bits per heavy atom. The van der Waals surface area contributed by atoms with Crippen molar-refractivity contribution in [1.82, 2.24) is 20.2 Å². The average molecular weight is 586 g/mol. The Labute approximate surface area is 238 Å². The number of hydrazone groups is 1. The maximum Gasteiger partial charge on any atom is 0.256 e. The van der Waals surface area contributed by atoms with E-state index in [9.17, 15) is 14.4 Å². The molecule has 2 aliphatic heterocycles. The highest BCUT2D eigenvalue weighted by atomic mass is 35.5. The number of nitrogens with one attached hydrogen (secondary N) is 1. The van der Waals surface area contributed by atoms with Crippen LogP contribution >= 0.6 is 36.2 Å². The van der Waals surface area contributed by atoms with E-state index in [1.54, 1.807) is 31.3 Å². The average Bonchev–Trinajstić information content (AvgIpc) is 3.44. The molecule has 3 heterocycles. The molecule has 2 atom stereocenters. The summed E-state index contributed by atoms with van der Waals surface area (Å²) in [6.07, 6.45) is 0.819. The molecule has 0 radical (unpaired) electrons. The number of likely N-dealkylation sites (tertiary alicyclic amines) is 1. The van der Waals surface area contributed by atoms with E-state index >= 15 is 0 Å². The number of nitrogens with zero attached hydrogens (tertiary/aromatic N) is 4. The van der Waals surface area contributed by atoms with E-state index in [1.807, 2.05) is 35.7 Å². The van der Waals surface area contributed by atoms with Gasteiger partial charge in [-0.3, -0.25) is 14.4 Å². The molecule has 0 unspecified atom stereocenters. The van der Waals surface area contributed by atoms with Crippen LogP contribution in [0.3, 0.4) is 0 Å². The molecular weight excluding hydrogens is 551 g/mol. The summed E-state index contributed by atoms with van der Waals surface area (Å²) in [7, 11) is 1.63. The lowest BCUT2D eigenvalue weighted by Crippen LogP contribution is -2.61. The first-order valence-electron chi connectivity index (χ1n) is 11.8. The third kappa shape index (κ3) is 6.89. The monoisotopic (exact) mass is 584 g/mol. The molecular formula is C25H34Cl2N6O4S. The molecule has 208 valence electrons. The minimum Gasteiger partial charge on any atom is -0.374 e. The Balaban J connectivity index is 0.00000253. The zero-order chi connectivity index (χ0) is 25.9. The number of hydrogen-bond donors (Lipinski definition) is 2. The molecule has 1 fully saturated rings. The Hall–Kier alpha value is -2.57. The molecule has 0 aliphatic carbocycles. The van der Waals surface area contributed by atoms with E-state index in [2.05, 4.69) is 15.4 Å². The Bertz CT molecular complexity index is 1140. The quantitative estimate of drug-likeness (QED) is 0.463. The summed E-state index contributed by atoms with van der Waals surface area (Å²) in [6.45, 7) is 3.96. The van der Waals surface area contributed by atoms with E-state index < -0.39 is 22.9 Å². The molecule has 0 bridgehead atoms. The van der Waals surface area contributed by atoms with Gasteiger partial charge in [-0.05, 0) is 19.4 Å². The van der Waals surface area contributed by atoms with E-state index in [0.717, 1.165) is 17.0 Å². The minimum atomic E-state index is -1.17. The SMILES string of the molecule is CN1N=C2CCN(C(=O)[C@@H](COCc3ccccc3)NC(=O)C(C)(C)N)C[C@]2(Cc2cscn2)C1=O.Cl.Cl. The van der Waals surface area contributed by atoms with Crippen molar-refractivity contribution in [3.8, 4) is 0 Å². The van der Waals surface area contributed by atoms with Gasteiger partial charge in [-0.25, -0.2) is 9.99 Å². The molecule has 0 saturated carbocycles. The largest absolute Gasteiger partial charge is 0.374 e. The summed E-state index contributed by atoms with van der Waals surface area (Å²) in [5.41, 5.74) is 8.06. The van der Waals surface area contributed by atoms with Crippen LogP contribution in [0, 0.1) is 5.41 Å².